The SMILES string of the molecule is COC(=O)[C@H](O)[C@H](CC(C)C)NC(=O)OC(C)(C)C. The number of amides is 1. The van der Waals surface area contributed by atoms with Gasteiger partial charge in [0.05, 0.1) is 13.2 Å². The molecule has 0 spiro atoms. The van der Waals surface area contributed by atoms with Gasteiger partial charge in [-0.25, -0.2) is 9.59 Å². The van der Waals surface area contributed by atoms with Crippen LogP contribution in [0.15, 0.2) is 0 Å². The summed E-state index contributed by atoms with van der Waals surface area (Å²) >= 11 is 0. The lowest BCUT2D eigenvalue weighted by atomic mass is 9.99. The molecule has 0 saturated carbocycles. The van der Waals surface area contributed by atoms with Gasteiger partial charge in [0.25, 0.3) is 0 Å². The molecule has 0 aliphatic rings. The molecule has 0 fully saturated rings. The van der Waals surface area contributed by atoms with E-state index in [0.717, 1.165) is 0 Å². The van der Waals surface area contributed by atoms with Gasteiger partial charge in [0.1, 0.15) is 5.60 Å². The van der Waals surface area contributed by atoms with Crippen LogP contribution in [0.25, 0.3) is 0 Å². The lowest BCUT2D eigenvalue weighted by Crippen LogP contribution is -2.49. The van der Waals surface area contributed by atoms with E-state index in [2.05, 4.69) is 10.1 Å². The second kappa shape index (κ2) is 7.33. The summed E-state index contributed by atoms with van der Waals surface area (Å²) in [4.78, 5) is 23.0. The van der Waals surface area contributed by atoms with Crippen LogP contribution in [0, 0.1) is 5.92 Å². The number of alkyl carbamates (subject to hydrolysis) is 1. The molecule has 112 valence electrons. The standard InChI is InChI=1S/C13H25NO5/c1-8(2)7-9(10(15)11(16)18-6)14-12(17)19-13(3,4)5/h8-10,15H,7H2,1-6H3,(H,14,17)/t9-,10+/m0/s1. The molecule has 0 rings (SSSR count). The molecule has 0 aromatic heterocycles. The fourth-order valence-electron chi connectivity index (χ4n) is 1.52. The summed E-state index contributed by atoms with van der Waals surface area (Å²) in [6.07, 6.45) is -1.63. The van der Waals surface area contributed by atoms with E-state index in [0.29, 0.717) is 6.42 Å². The minimum Gasteiger partial charge on any atom is -0.467 e. The van der Waals surface area contributed by atoms with Gasteiger partial charge in [-0.15, -0.1) is 0 Å². The zero-order valence-electron chi connectivity index (χ0n) is 12.5. The van der Waals surface area contributed by atoms with Gasteiger partial charge in [-0.3, -0.25) is 0 Å². The summed E-state index contributed by atoms with van der Waals surface area (Å²) in [5.41, 5.74) is -0.636. The number of esters is 1. The molecule has 0 heterocycles. The van der Waals surface area contributed by atoms with Gasteiger partial charge >= 0.3 is 12.1 Å². The monoisotopic (exact) mass is 275 g/mol. The minimum atomic E-state index is -1.40. The van der Waals surface area contributed by atoms with Crippen molar-refractivity contribution in [3.8, 4) is 0 Å². The van der Waals surface area contributed by atoms with Crippen LogP contribution in [0.5, 0.6) is 0 Å². The first-order valence-corrected chi connectivity index (χ1v) is 6.32. The molecule has 0 saturated heterocycles. The first-order valence-electron chi connectivity index (χ1n) is 6.32. The zero-order valence-corrected chi connectivity index (χ0v) is 12.5. The van der Waals surface area contributed by atoms with Crippen LogP contribution in [-0.4, -0.2) is 42.0 Å². The lowest BCUT2D eigenvalue weighted by molar-refractivity contribution is -0.152. The Hall–Kier alpha value is -1.30. The predicted octanol–water partition coefficient (Wildman–Crippen LogP) is 1.46. The van der Waals surface area contributed by atoms with E-state index in [9.17, 15) is 14.7 Å². The number of methoxy groups -OCH3 is 1. The van der Waals surface area contributed by atoms with Crippen LogP contribution in [0.2, 0.25) is 0 Å². The largest absolute Gasteiger partial charge is 0.467 e. The molecule has 2 N–H and O–H groups in total. The average Bonchev–Trinajstić information content (AvgIpc) is 2.22. The Morgan fingerprint density at radius 3 is 2.16 bits per heavy atom. The third-order valence-corrected chi connectivity index (χ3v) is 2.25. The number of carbonyl (C=O) groups is 2. The van der Waals surface area contributed by atoms with Crippen molar-refractivity contribution in [1.29, 1.82) is 0 Å². The Labute approximate surface area is 114 Å². The number of rotatable bonds is 5. The van der Waals surface area contributed by atoms with Gasteiger partial charge in [-0.2, -0.15) is 0 Å². The highest BCUT2D eigenvalue weighted by molar-refractivity contribution is 5.76. The summed E-state index contributed by atoms with van der Waals surface area (Å²) in [7, 11) is 1.19. The maximum absolute atomic E-state index is 11.7. The van der Waals surface area contributed by atoms with Crippen molar-refractivity contribution < 1.29 is 24.2 Å². The summed E-state index contributed by atoms with van der Waals surface area (Å²) in [5.74, 6) is -0.582. The number of ether oxygens (including phenoxy) is 2. The van der Waals surface area contributed by atoms with E-state index in [1.165, 1.54) is 7.11 Å². The van der Waals surface area contributed by atoms with Gasteiger partial charge in [-0.1, -0.05) is 13.8 Å². The van der Waals surface area contributed by atoms with Crippen LogP contribution >= 0.6 is 0 Å². The third kappa shape index (κ3) is 7.66. The third-order valence-electron chi connectivity index (χ3n) is 2.25. The Morgan fingerprint density at radius 2 is 1.79 bits per heavy atom. The van der Waals surface area contributed by atoms with Crippen molar-refractivity contribution in [2.24, 2.45) is 5.92 Å². The fourth-order valence-corrected chi connectivity index (χ4v) is 1.52. The van der Waals surface area contributed by atoms with Crippen molar-refractivity contribution in [1.82, 2.24) is 5.32 Å². The average molecular weight is 275 g/mol. The molecule has 0 radical (unpaired) electrons. The molecule has 0 unspecified atom stereocenters. The molecule has 19 heavy (non-hydrogen) atoms. The van der Waals surface area contributed by atoms with E-state index >= 15 is 0 Å². The molecular weight excluding hydrogens is 250 g/mol. The Morgan fingerprint density at radius 1 is 1.26 bits per heavy atom. The van der Waals surface area contributed by atoms with Crippen molar-refractivity contribution in [3.63, 3.8) is 0 Å². The van der Waals surface area contributed by atoms with Gasteiger partial charge < -0.3 is 19.9 Å². The Kier molecular flexibility index (Phi) is 6.83. The fraction of sp³-hybridized carbons (Fsp3) is 0.846. The van der Waals surface area contributed by atoms with Crippen molar-refractivity contribution in [2.45, 2.75) is 58.8 Å². The first kappa shape index (κ1) is 17.7. The molecule has 0 bridgehead atoms. The number of nitrogens with one attached hydrogen (secondary N) is 1. The lowest BCUT2D eigenvalue weighted by Gasteiger charge is -2.26. The van der Waals surface area contributed by atoms with E-state index in [1.807, 2.05) is 13.8 Å². The van der Waals surface area contributed by atoms with Crippen LogP contribution in [0.4, 0.5) is 4.79 Å². The number of aliphatic hydroxyl groups excluding tert-OH is 1. The summed E-state index contributed by atoms with van der Waals surface area (Å²) < 4.78 is 9.58. The van der Waals surface area contributed by atoms with Crippen molar-refractivity contribution >= 4 is 12.1 Å². The highest BCUT2D eigenvalue weighted by Crippen LogP contribution is 2.12. The second-order valence-electron chi connectivity index (χ2n) is 5.85. The first-order chi connectivity index (χ1) is 8.56. The van der Waals surface area contributed by atoms with E-state index in [1.54, 1.807) is 20.8 Å². The summed E-state index contributed by atoms with van der Waals surface area (Å²) in [6.45, 7) is 9.06. The van der Waals surface area contributed by atoms with E-state index in [-0.39, 0.29) is 5.92 Å². The quantitative estimate of drug-likeness (QED) is 0.742. The Bertz CT molecular complexity index is 309. The molecule has 0 aliphatic carbocycles. The predicted molar refractivity (Wildman–Crippen MR) is 70.6 cm³/mol. The van der Waals surface area contributed by atoms with Gasteiger partial charge in [0, 0.05) is 0 Å². The summed E-state index contributed by atoms with van der Waals surface area (Å²) in [5, 5.41) is 12.3. The summed E-state index contributed by atoms with van der Waals surface area (Å²) in [6, 6.07) is -0.734. The van der Waals surface area contributed by atoms with Crippen molar-refractivity contribution in [2.75, 3.05) is 7.11 Å². The maximum atomic E-state index is 11.7. The van der Waals surface area contributed by atoms with Crippen LogP contribution < -0.4 is 5.32 Å². The van der Waals surface area contributed by atoms with Crippen LogP contribution in [-0.2, 0) is 14.3 Å². The Balaban J connectivity index is 4.68. The minimum absolute atomic E-state index is 0.194. The molecule has 6 nitrogen and oxygen atoms in total. The molecule has 0 aromatic carbocycles. The number of hydrogen-bond donors (Lipinski definition) is 2. The van der Waals surface area contributed by atoms with Crippen molar-refractivity contribution in [3.05, 3.63) is 0 Å². The van der Waals surface area contributed by atoms with Crippen LogP contribution in [0.1, 0.15) is 41.0 Å². The number of aliphatic hydroxyl groups is 1. The molecule has 6 heteroatoms. The number of hydrogen-bond acceptors (Lipinski definition) is 5. The highest BCUT2D eigenvalue weighted by Gasteiger charge is 2.30. The van der Waals surface area contributed by atoms with Gasteiger partial charge in [0.2, 0.25) is 0 Å². The normalized spacial score (nSPS) is 14.7. The van der Waals surface area contributed by atoms with E-state index < -0.39 is 29.8 Å². The molecular formula is C13H25NO5. The molecule has 0 aliphatic heterocycles. The maximum Gasteiger partial charge on any atom is 0.407 e. The number of carbonyl (C=O) groups excluding carboxylic acids is 2. The van der Waals surface area contributed by atoms with Gasteiger partial charge in [-0.05, 0) is 33.1 Å². The molecule has 0 aromatic rings. The topological polar surface area (TPSA) is 84.9 Å². The van der Waals surface area contributed by atoms with E-state index in [4.69, 9.17) is 4.74 Å². The molecule has 1 amide bonds. The smallest absolute Gasteiger partial charge is 0.407 e. The van der Waals surface area contributed by atoms with Crippen LogP contribution in [0.3, 0.4) is 0 Å². The second-order valence-corrected chi connectivity index (χ2v) is 5.85. The highest BCUT2D eigenvalue weighted by atomic mass is 16.6. The molecule has 2 atom stereocenters. The zero-order chi connectivity index (χ0) is 15.2. The van der Waals surface area contributed by atoms with Gasteiger partial charge in [0.15, 0.2) is 6.10 Å².